The highest BCUT2D eigenvalue weighted by molar-refractivity contribution is 5.97. The number of pyridine rings is 1. The van der Waals surface area contributed by atoms with Gasteiger partial charge in [-0.25, -0.2) is 0 Å². The van der Waals surface area contributed by atoms with Crippen LogP contribution in [0.2, 0.25) is 0 Å². The van der Waals surface area contributed by atoms with Crippen LogP contribution in [0, 0.1) is 22.7 Å². The molecule has 0 unspecified atom stereocenters. The van der Waals surface area contributed by atoms with Gasteiger partial charge in [0.15, 0.2) is 0 Å². The van der Waals surface area contributed by atoms with Crippen LogP contribution >= 0.6 is 0 Å². The quantitative estimate of drug-likeness (QED) is 0.683. The Morgan fingerprint density at radius 2 is 1.96 bits per heavy atom. The molecule has 3 aromatic rings. The molecule has 0 amide bonds. The number of nitrogens with zero attached hydrogens (tertiary/aromatic N) is 4. The lowest BCUT2D eigenvalue weighted by Crippen LogP contribution is -1.94. The Morgan fingerprint density at radius 1 is 1.13 bits per heavy atom. The van der Waals surface area contributed by atoms with E-state index in [1.165, 1.54) is 0 Å². The summed E-state index contributed by atoms with van der Waals surface area (Å²) in [5.41, 5.74) is 3.20. The molecule has 0 saturated carbocycles. The van der Waals surface area contributed by atoms with Crippen LogP contribution < -0.4 is 0 Å². The van der Waals surface area contributed by atoms with Gasteiger partial charge in [-0.05, 0) is 24.3 Å². The Morgan fingerprint density at radius 3 is 2.70 bits per heavy atom. The lowest BCUT2D eigenvalue weighted by atomic mass is 10.1. The summed E-state index contributed by atoms with van der Waals surface area (Å²) < 4.78 is 2.05. The first-order valence-corrected chi connectivity index (χ1v) is 7.31. The van der Waals surface area contributed by atoms with Crippen molar-refractivity contribution in [2.75, 3.05) is 0 Å². The van der Waals surface area contributed by atoms with E-state index >= 15 is 0 Å². The molecule has 2 aromatic heterocycles. The molecule has 0 aliphatic carbocycles. The van der Waals surface area contributed by atoms with E-state index in [2.05, 4.69) is 21.7 Å². The average Bonchev–Trinajstić information content (AvgIpc) is 2.96. The lowest BCUT2D eigenvalue weighted by Gasteiger charge is -2.00. The van der Waals surface area contributed by atoms with Crippen LogP contribution in [0.1, 0.15) is 17.7 Å². The number of para-hydroxylation sites is 1. The van der Waals surface area contributed by atoms with Gasteiger partial charge in [-0.15, -0.1) is 0 Å². The second kappa shape index (κ2) is 6.60. The Bertz CT molecular complexity index is 937. The van der Waals surface area contributed by atoms with Gasteiger partial charge in [-0.1, -0.05) is 24.3 Å². The van der Waals surface area contributed by atoms with E-state index in [1.807, 2.05) is 54.7 Å². The van der Waals surface area contributed by atoms with E-state index in [1.54, 1.807) is 6.20 Å². The average molecular weight is 298 g/mol. The molecule has 0 spiro atoms. The normalized spacial score (nSPS) is 11.1. The fraction of sp³-hybridized carbons (Fsp3) is 0.105. The van der Waals surface area contributed by atoms with Crippen LogP contribution in [0.5, 0.6) is 0 Å². The van der Waals surface area contributed by atoms with Crippen LogP contribution in [0.25, 0.3) is 22.6 Å². The summed E-state index contributed by atoms with van der Waals surface area (Å²) in [7, 11) is 0. The van der Waals surface area contributed by atoms with Crippen molar-refractivity contribution in [3.63, 3.8) is 0 Å². The van der Waals surface area contributed by atoms with Gasteiger partial charge in [0.2, 0.25) is 0 Å². The summed E-state index contributed by atoms with van der Waals surface area (Å²) in [5.74, 6) is 0. The molecule has 0 aliphatic rings. The summed E-state index contributed by atoms with van der Waals surface area (Å²) in [6.07, 6.45) is 5.97. The molecular weight excluding hydrogens is 284 g/mol. The number of hydrogen-bond donors (Lipinski definition) is 0. The number of aromatic nitrogens is 2. The Kier molecular flexibility index (Phi) is 4.18. The van der Waals surface area contributed by atoms with E-state index in [4.69, 9.17) is 5.26 Å². The van der Waals surface area contributed by atoms with Gasteiger partial charge in [0.05, 0.1) is 23.8 Å². The summed E-state index contributed by atoms with van der Waals surface area (Å²) in [6.45, 7) is 0.635. The molecule has 0 saturated heterocycles. The number of rotatable bonds is 4. The predicted molar refractivity (Wildman–Crippen MR) is 89.9 cm³/mol. The van der Waals surface area contributed by atoms with Gasteiger partial charge < -0.3 is 4.57 Å². The van der Waals surface area contributed by atoms with E-state index in [-0.39, 0.29) is 0 Å². The van der Waals surface area contributed by atoms with Crippen LogP contribution in [0.4, 0.5) is 0 Å². The summed E-state index contributed by atoms with van der Waals surface area (Å²) >= 11 is 0. The third-order valence-electron chi connectivity index (χ3n) is 3.65. The molecule has 4 heteroatoms. The number of hydrogen-bond acceptors (Lipinski definition) is 3. The first-order valence-electron chi connectivity index (χ1n) is 7.31. The second-order valence-electron chi connectivity index (χ2n) is 5.09. The van der Waals surface area contributed by atoms with E-state index in [0.717, 1.165) is 16.5 Å². The molecule has 1 aromatic carbocycles. The van der Waals surface area contributed by atoms with Crippen molar-refractivity contribution in [2.24, 2.45) is 0 Å². The zero-order valence-corrected chi connectivity index (χ0v) is 12.5. The Balaban J connectivity index is 2.11. The highest BCUT2D eigenvalue weighted by Crippen LogP contribution is 2.25. The van der Waals surface area contributed by atoms with Crippen molar-refractivity contribution in [1.82, 2.24) is 9.55 Å². The van der Waals surface area contributed by atoms with Gasteiger partial charge >= 0.3 is 0 Å². The lowest BCUT2D eigenvalue weighted by molar-refractivity contribution is 0.744. The zero-order valence-electron chi connectivity index (χ0n) is 12.5. The van der Waals surface area contributed by atoms with Crippen molar-refractivity contribution < 1.29 is 0 Å². The highest BCUT2D eigenvalue weighted by atomic mass is 15.0. The van der Waals surface area contributed by atoms with Crippen molar-refractivity contribution in [1.29, 1.82) is 10.5 Å². The molecule has 110 valence electrons. The predicted octanol–water partition coefficient (Wildman–Crippen LogP) is 4.01. The first kappa shape index (κ1) is 14.6. The number of benzene rings is 1. The monoisotopic (exact) mass is 298 g/mol. The fourth-order valence-electron chi connectivity index (χ4n) is 2.59. The summed E-state index contributed by atoms with van der Waals surface area (Å²) in [4.78, 5) is 4.24. The molecule has 0 fully saturated rings. The van der Waals surface area contributed by atoms with Crippen LogP contribution in [0.3, 0.4) is 0 Å². The summed E-state index contributed by atoms with van der Waals surface area (Å²) in [6, 6.07) is 17.9. The molecule has 2 heterocycles. The zero-order chi connectivity index (χ0) is 16.1. The fourth-order valence-corrected chi connectivity index (χ4v) is 2.59. The number of allylic oxidation sites excluding steroid dienone is 1. The molecule has 0 aliphatic heterocycles. The standard InChI is InChI=1S/C19H14N4/c20-9-5-11-23-14-16(17-6-1-2-8-19(17)23)12-15(13-21)18-7-3-4-10-22-18/h1-4,6-8,10,12,14H,5,11H2/b15-12+. The number of nitriles is 2. The second-order valence-corrected chi connectivity index (χ2v) is 5.09. The topological polar surface area (TPSA) is 65.4 Å². The molecule has 23 heavy (non-hydrogen) atoms. The van der Waals surface area contributed by atoms with Gasteiger partial charge in [0.1, 0.15) is 6.07 Å². The van der Waals surface area contributed by atoms with Crippen LogP contribution in [0.15, 0.2) is 54.9 Å². The number of aryl methyl sites for hydroxylation is 1. The van der Waals surface area contributed by atoms with Crippen molar-refractivity contribution in [3.8, 4) is 12.1 Å². The molecule has 0 atom stereocenters. The van der Waals surface area contributed by atoms with E-state index in [9.17, 15) is 5.26 Å². The largest absolute Gasteiger partial charge is 0.346 e. The SMILES string of the molecule is N#CCCn1cc(/C=C(\C#N)c2ccccn2)c2ccccc21. The molecule has 0 radical (unpaired) electrons. The molecule has 0 N–H and O–H groups in total. The van der Waals surface area contributed by atoms with Gasteiger partial charge in [-0.3, -0.25) is 4.98 Å². The molecule has 3 rings (SSSR count). The third kappa shape index (κ3) is 2.97. The molecule has 0 bridgehead atoms. The van der Waals surface area contributed by atoms with Crippen molar-refractivity contribution in [3.05, 3.63) is 66.1 Å². The Hall–Kier alpha value is -3.37. The minimum Gasteiger partial charge on any atom is -0.346 e. The van der Waals surface area contributed by atoms with Gasteiger partial charge in [0.25, 0.3) is 0 Å². The first-order chi connectivity index (χ1) is 11.3. The van der Waals surface area contributed by atoms with Crippen LogP contribution in [-0.4, -0.2) is 9.55 Å². The highest BCUT2D eigenvalue weighted by Gasteiger charge is 2.08. The van der Waals surface area contributed by atoms with Crippen LogP contribution in [-0.2, 0) is 6.54 Å². The third-order valence-corrected chi connectivity index (χ3v) is 3.65. The van der Waals surface area contributed by atoms with Gasteiger partial charge in [-0.2, -0.15) is 10.5 Å². The van der Waals surface area contributed by atoms with E-state index < -0.39 is 0 Å². The maximum atomic E-state index is 9.45. The molecule has 4 nitrogen and oxygen atoms in total. The maximum Gasteiger partial charge on any atom is 0.101 e. The summed E-state index contributed by atoms with van der Waals surface area (Å²) in [5, 5.41) is 19.3. The van der Waals surface area contributed by atoms with Crippen molar-refractivity contribution >= 4 is 22.6 Å². The molecular formula is C19H14N4. The minimum atomic E-state index is 0.452. The van der Waals surface area contributed by atoms with E-state index in [0.29, 0.717) is 24.2 Å². The smallest absolute Gasteiger partial charge is 0.101 e. The maximum absolute atomic E-state index is 9.45. The van der Waals surface area contributed by atoms with Crippen molar-refractivity contribution in [2.45, 2.75) is 13.0 Å². The van der Waals surface area contributed by atoms with Gasteiger partial charge in [0, 0.05) is 35.4 Å². The Labute approximate surface area is 134 Å². The number of fused-ring (bicyclic) bond motifs is 1. The minimum absolute atomic E-state index is 0.452.